The van der Waals surface area contributed by atoms with E-state index in [9.17, 15) is 4.79 Å². The van der Waals surface area contributed by atoms with Gasteiger partial charge in [0.1, 0.15) is 0 Å². The largest absolute Gasteiger partial charge is 0.493 e. The zero-order valence-electron chi connectivity index (χ0n) is 15.7. The van der Waals surface area contributed by atoms with Crippen LogP contribution in [0, 0.1) is 5.92 Å². The molecule has 0 saturated carbocycles. The lowest BCUT2D eigenvalue weighted by Gasteiger charge is -2.29. The van der Waals surface area contributed by atoms with Crippen molar-refractivity contribution >= 4 is 22.4 Å². The van der Waals surface area contributed by atoms with Crippen molar-refractivity contribution in [1.82, 2.24) is 9.88 Å². The quantitative estimate of drug-likeness (QED) is 0.839. The van der Waals surface area contributed by atoms with Gasteiger partial charge in [0.05, 0.1) is 19.9 Å². The maximum absolute atomic E-state index is 11.8. The van der Waals surface area contributed by atoms with E-state index in [0.717, 1.165) is 43.2 Å². The first-order chi connectivity index (χ1) is 12.5. The monoisotopic (exact) mass is 375 g/mol. The number of carbonyl (C=O) groups is 1. The Morgan fingerprint density at radius 1 is 1.27 bits per heavy atom. The molecule has 140 valence electrons. The first-order valence-electron chi connectivity index (χ1n) is 8.71. The summed E-state index contributed by atoms with van der Waals surface area (Å²) in [5.41, 5.74) is 3.55. The van der Waals surface area contributed by atoms with Crippen LogP contribution in [-0.2, 0) is 24.3 Å². The van der Waals surface area contributed by atoms with Crippen molar-refractivity contribution in [1.29, 1.82) is 0 Å². The molecule has 2 aromatic rings. The van der Waals surface area contributed by atoms with Gasteiger partial charge in [-0.3, -0.25) is 9.69 Å². The molecular weight excluding hydrogens is 350 g/mol. The van der Waals surface area contributed by atoms with E-state index in [1.807, 2.05) is 19.2 Å². The minimum Gasteiger partial charge on any atom is -0.493 e. The number of amides is 1. The Hall–Kier alpha value is -2.12. The van der Waals surface area contributed by atoms with E-state index in [2.05, 4.69) is 27.3 Å². The molecule has 0 atom stereocenters. The van der Waals surface area contributed by atoms with E-state index < -0.39 is 0 Å². The second-order valence-electron chi connectivity index (χ2n) is 6.72. The van der Waals surface area contributed by atoms with Crippen molar-refractivity contribution in [2.75, 3.05) is 26.1 Å². The van der Waals surface area contributed by atoms with E-state index in [1.165, 1.54) is 22.5 Å². The molecule has 0 radical (unpaired) electrons. The molecule has 0 aliphatic carbocycles. The Morgan fingerprint density at radius 2 is 1.96 bits per heavy atom. The average Bonchev–Trinajstić information content (AvgIpc) is 3.07. The molecule has 0 unspecified atom stereocenters. The summed E-state index contributed by atoms with van der Waals surface area (Å²) < 4.78 is 10.8. The number of ether oxygens (including phenoxy) is 2. The second kappa shape index (κ2) is 8.05. The first kappa shape index (κ1) is 18.7. The lowest BCUT2D eigenvalue weighted by molar-refractivity contribution is -0.118. The van der Waals surface area contributed by atoms with Gasteiger partial charge in [0.2, 0.25) is 5.91 Å². The smallest absolute Gasteiger partial charge is 0.228 e. The van der Waals surface area contributed by atoms with E-state index in [1.54, 1.807) is 14.2 Å². The first-order valence-corrected chi connectivity index (χ1v) is 9.59. The van der Waals surface area contributed by atoms with Gasteiger partial charge in [0.15, 0.2) is 16.6 Å². The molecule has 26 heavy (non-hydrogen) atoms. The normalized spacial score (nSPS) is 14.2. The third-order valence-corrected chi connectivity index (χ3v) is 5.30. The second-order valence-corrected chi connectivity index (χ2v) is 7.58. The number of benzene rings is 1. The van der Waals surface area contributed by atoms with Crippen LogP contribution in [0.25, 0.3) is 0 Å². The number of fused-ring (bicyclic) bond motifs is 1. The van der Waals surface area contributed by atoms with Crippen LogP contribution in [0.3, 0.4) is 0 Å². The Kier molecular flexibility index (Phi) is 5.78. The van der Waals surface area contributed by atoms with Crippen molar-refractivity contribution in [3.05, 3.63) is 34.3 Å². The Balaban J connectivity index is 1.66. The molecule has 1 aromatic heterocycles. The fourth-order valence-corrected chi connectivity index (χ4v) is 3.70. The van der Waals surface area contributed by atoms with Gasteiger partial charge in [-0.1, -0.05) is 13.8 Å². The molecule has 0 spiro atoms. The maximum Gasteiger partial charge on any atom is 0.228 e. The van der Waals surface area contributed by atoms with E-state index in [-0.39, 0.29) is 11.8 Å². The summed E-state index contributed by atoms with van der Waals surface area (Å²) in [7, 11) is 3.32. The number of nitrogens with zero attached hydrogens (tertiary/aromatic N) is 2. The molecule has 6 nitrogen and oxygen atoms in total. The highest BCUT2D eigenvalue weighted by molar-refractivity contribution is 7.13. The molecule has 0 saturated heterocycles. The van der Waals surface area contributed by atoms with Gasteiger partial charge in [-0.05, 0) is 29.7 Å². The van der Waals surface area contributed by atoms with Gasteiger partial charge in [0.25, 0.3) is 0 Å². The summed E-state index contributed by atoms with van der Waals surface area (Å²) in [5, 5.41) is 5.54. The topological polar surface area (TPSA) is 63.7 Å². The molecule has 1 N–H and O–H groups in total. The Labute approximate surface area is 158 Å². The molecule has 7 heteroatoms. The number of nitrogens with one attached hydrogen (secondary N) is 1. The molecule has 1 aliphatic rings. The number of thiazole rings is 1. The van der Waals surface area contributed by atoms with Gasteiger partial charge in [-0.15, -0.1) is 11.3 Å². The van der Waals surface area contributed by atoms with Crippen molar-refractivity contribution in [2.24, 2.45) is 5.92 Å². The third kappa shape index (κ3) is 4.16. The van der Waals surface area contributed by atoms with Gasteiger partial charge in [0, 0.05) is 30.9 Å². The SMILES string of the molecule is COc1cc2c(cc1OC)CN(Cc1csc(NC(=O)C(C)C)n1)CC2. The van der Waals surface area contributed by atoms with Gasteiger partial charge in [-0.25, -0.2) is 4.98 Å². The van der Waals surface area contributed by atoms with Gasteiger partial charge in [-0.2, -0.15) is 0 Å². The van der Waals surface area contributed by atoms with Crippen LogP contribution < -0.4 is 14.8 Å². The van der Waals surface area contributed by atoms with Crippen molar-refractivity contribution in [3.8, 4) is 11.5 Å². The Bertz CT molecular complexity index is 788. The van der Waals surface area contributed by atoms with Crippen molar-refractivity contribution in [2.45, 2.75) is 33.4 Å². The maximum atomic E-state index is 11.8. The predicted molar refractivity (Wildman–Crippen MR) is 103 cm³/mol. The highest BCUT2D eigenvalue weighted by Gasteiger charge is 2.20. The number of aromatic nitrogens is 1. The lowest BCUT2D eigenvalue weighted by atomic mass is 9.98. The fraction of sp³-hybridized carbons (Fsp3) is 0.474. The summed E-state index contributed by atoms with van der Waals surface area (Å²) in [6.07, 6.45) is 0.969. The molecular formula is C19H25N3O3S. The van der Waals surface area contributed by atoms with Crippen LogP contribution in [0.1, 0.15) is 30.7 Å². The highest BCUT2D eigenvalue weighted by atomic mass is 32.1. The van der Waals surface area contributed by atoms with Crippen LogP contribution in [0.4, 0.5) is 5.13 Å². The van der Waals surface area contributed by atoms with Crippen molar-refractivity contribution in [3.63, 3.8) is 0 Å². The van der Waals surface area contributed by atoms with E-state index >= 15 is 0 Å². The van der Waals surface area contributed by atoms with Gasteiger partial charge >= 0.3 is 0 Å². The summed E-state index contributed by atoms with van der Waals surface area (Å²) >= 11 is 1.47. The molecule has 1 aromatic carbocycles. The molecule has 1 amide bonds. The molecule has 3 rings (SSSR count). The van der Waals surface area contributed by atoms with Crippen LogP contribution in [-0.4, -0.2) is 36.6 Å². The molecule has 0 fully saturated rings. The highest BCUT2D eigenvalue weighted by Crippen LogP contribution is 2.33. The minimum atomic E-state index is -0.0482. The standard InChI is InChI=1S/C19H25N3O3S/c1-12(2)18(23)21-19-20-15(11-26-19)10-22-6-5-13-7-16(24-3)17(25-4)8-14(13)9-22/h7-8,11-12H,5-6,9-10H2,1-4H3,(H,20,21,23). The van der Waals surface area contributed by atoms with Crippen LogP contribution >= 0.6 is 11.3 Å². The minimum absolute atomic E-state index is 0.00107. The van der Waals surface area contributed by atoms with Crippen LogP contribution in [0.2, 0.25) is 0 Å². The Morgan fingerprint density at radius 3 is 2.62 bits per heavy atom. The van der Waals surface area contributed by atoms with Gasteiger partial charge < -0.3 is 14.8 Å². The number of methoxy groups -OCH3 is 2. The van der Waals surface area contributed by atoms with Crippen LogP contribution in [0.5, 0.6) is 11.5 Å². The number of hydrogen-bond donors (Lipinski definition) is 1. The summed E-state index contributed by atoms with van der Waals surface area (Å²) in [5.74, 6) is 1.50. The summed E-state index contributed by atoms with van der Waals surface area (Å²) in [6.45, 7) is 6.33. The molecule has 1 aliphatic heterocycles. The zero-order valence-corrected chi connectivity index (χ0v) is 16.5. The van der Waals surface area contributed by atoms with Crippen LogP contribution in [0.15, 0.2) is 17.5 Å². The predicted octanol–water partition coefficient (Wildman–Crippen LogP) is 3.31. The van der Waals surface area contributed by atoms with Crippen molar-refractivity contribution < 1.29 is 14.3 Å². The fourth-order valence-electron chi connectivity index (χ4n) is 2.99. The zero-order chi connectivity index (χ0) is 18.7. The summed E-state index contributed by atoms with van der Waals surface area (Å²) in [4.78, 5) is 18.7. The molecule has 2 heterocycles. The number of rotatable bonds is 6. The summed E-state index contributed by atoms with van der Waals surface area (Å²) in [6, 6.07) is 4.14. The van der Waals surface area contributed by atoms with E-state index in [0.29, 0.717) is 5.13 Å². The number of anilines is 1. The average molecular weight is 375 g/mol. The third-order valence-electron chi connectivity index (χ3n) is 4.49. The number of carbonyl (C=O) groups excluding carboxylic acids is 1. The van der Waals surface area contributed by atoms with E-state index in [4.69, 9.17) is 9.47 Å². The number of hydrogen-bond acceptors (Lipinski definition) is 6. The lowest BCUT2D eigenvalue weighted by Crippen LogP contribution is -2.30. The molecule has 0 bridgehead atoms.